The first-order valence-corrected chi connectivity index (χ1v) is 7.93. The molecule has 0 spiro atoms. The Morgan fingerprint density at radius 1 is 1.24 bits per heavy atom. The van der Waals surface area contributed by atoms with Crippen LogP contribution in [0.1, 0.15) is 42.5 Å². The van der Waals surface area contributed by atoms with Crippen molar-refractivity contribution in [1.29, 1.82) is 0 Å². The highest BCUT2D eigenvalue weighted by atomic mass is 79.9. The number of carboxylic acid groups (broad SMARTS) is 1. The molecule has 2 amide bonds. The van der Waals surface area contributed by atoms with E-state index in [9.17, 15) is 9.59 Å². The van der Waals surface area contributed by atoms with Gasteiger partial charge in [0.2, 0.25) is 0 Å². The summed E-state index contributed by atoms with van der Waals surface area (Å²) in [7, 11) is 0. The predicted octanol–water partition coefficient (Wildman–Crippen LogP) is 3.85. The molecule has 0 aromatic heterocycles. The number of benzene rings is 1. The number of amides is 2. The van der Waals surface area contributed by atoms with E-state index < -0.39 is 5.97 Å². The standard InChI is InChI=1S/C15H19BrN2O3/c16-12-8-11(14(19)20)6-7-13(12)18-15(21)17-9-10-4-2-1-3-5-10/h6-8,10H,1-5,9H2,(H,19,20)(H2,17,18,21). The molecule has 1 saturated carbocycles. The number of aromatic carboxylic acids is 1. The van der Waals surface area contributed by atoms with Crippen LogP contribution in [0.2, 0.25) is 0 Å². The van der Waals surface area contributed by atoms with E-state index in [-0.39, 0.29) is 11.6 Å². The van der Waals surface area contributed by atoms with Gasteiger partial charge < -0.3 is 15.7 Å². The molecule has 3 N–H and O–H groups in total. The number of carbonyl (C=O) groups excluding carboxylic acids is 1. The zero-order valence-corrected chi connectivity index (χ0v) is 13.3. The Kier molecular flexibility index (Phi) is 5.61. The monoisotopic (exact) mass is 354 g/mol. The van der Waals surface area contributed by atoms with Crippen LogP contribution >= 0.6 is 15.9 Å². The van der Waals surface area contributed by atoms with E-state index in [1.165, 1.54) is 44.2 Å². The molecule has 21 heavy (non-hydrogen) atoms. The molecule has 1 aromatic rings. The lowest BCUT2D eigenvalue weighted by molar-refractivity contribution is 0.0697. The summed E-state index contributed by atoms with van der Waals surface area (Å²) in [6.07, 6.45) is 6.15. The van der Waals surface area contributed by atoms with Gasteiger partial charge in [0, 0.05) is 11.0 Å². The minimum atomic E-state index is -0.996. The van der Waals surface area contributed by atoms with Gasteiger partial charge in [-0.2, -0.15) is 0 Å². The Balaban J connectivity index is 1.85. The van der Waals surface area contributed by atoms with Crippen LogP contribution in [0.15, 0.2) is 22.7 Å². The van der Waals surface area contributed by atoms with Crippen molar-refractivity contribution in [3.8, 4) is 0 Å². The number of halogens is 1. The minimum absolute atomic E-state index is 0.176. The van der Waals surface area contributed by atoms with Crippen molar-refractivity contribution in [3.63, 3.8) is 0 Å². The Hall–Kier alpha value is -1.56. The van der Waals surface area contributed by atoms with Crippen LogP contribution in [-0.4, -0.2) is 23.7 Å². The first kappa shape index (κ1) is 15.8. The maximum absolute atomic E-state index is 11.9. The number of rotatable bonds is 4. The maximum atomic E-state index is 11.9. The SMILES string of the molecule is O=C(NCC1CCCCC1)Nc1ccc(C(=O)O)cc1Br. The molecule has 2 rings (SSSR count). The molecule has 114 valence electrons. The average Bonchev–Trinajstić information content (AvgIpc) is 2.48. The van der Waals surface area contributed by atoms with Crippen LogP contribution in [0.3, 0.4) is 0 Å². The van der Waals surface area contributed by atoms with Gasteiger partial charge in [0.25, 0.3) is 0 Å². The van der Waals surface area contributed by atoms with Crippen LogP contribution < -0.4 is 10.6 Å². The van der Waals surface area contributed by atoms with Crippen molar-refractivity contribution in [2.45, 2.75) is 32.1 Å². The lowest BCUT2D eigenvalue weighted by Crippen LogP contribution is -2.33. The highest BCUT2D eigenvalue weighted by Crippen LogP contribution is 2.24. The van der Waals surface area contributed by atoms with Crippen molar-refractivity contribution >= 4 is 33.6 Å². The molecule has 5 nitrogen and oxygen atoms in total. The Labute approximate surface area is 132 Å². The first-order valence-electron chi connectivity index (χ1n) is 7.14. The Morgan fingerprint density at radius 3 is 2.57 bits per heavy atom. The zero-order chi connectivity index (χ0) is 15.2. The van der Waals surface area contributed by atoms with Gasteiger partial charge in [0.15, 0.2) is 0 Å². The molecule has 0 aliphatic heterocycles. The lowest BCUT2D eigenvalue weighted by atomic mass is 9.89. The number of anilines is 1. The van der Waals surface area contributed by atoms with Crippen LogP contribution in [0.5, 0.6) is 0 Å². The maximum Gasteiger partial charge on any atom is 0.335 e. The molecule has 0 bridgehead atoms. The van der Waals surface area contributed by atoms with E-state index in [1.54, 1.807) is 6.07 Å². The molecule has 0 radical (unpaired) electrons. The van der Waals surface area contributed by atoms with Gasteiger partial charge in [-0.15, -0.1) is 0 Å². The fourth-order valence-electron chi connectivity index (χ4n) is 2.54. The summed E-state index contributed by atoms with van der Waals surface area (Å²) in [5, 5.41) is 14.5. The molecule has 6 heteroatoms. The highest BCUT2D eigenvalue weighted by Gasteiger charge is 2.15. The van der Waals surface area contributed by atoms with Crippen molar-refractivity contribution in [2.75, 3.05) is 11.9 Å². The average molecular weight is 355 g/mol. The summed E-state index contributed by atoms with van der Waals surface area (Å²) in [5.74, 6) is -0.425. The van der Waals surface area contributed by atoms with Gasteiger partial charge in [-0.05, 0) is 52.9 Å². The number of urea groups is 1. The topological polar surface area (TPSA) is 78.4 Å². The van der Waals surface area contributed by atoms with Gasteiger partial charge in [0.05, 0.1) is 11.3 Å². The number of carboxylic acids is 1. The predicted molar refractivity (Wildman–Crippen MR) is 84.7 cm³/mol. The number of hydrogen-bond acceptors (Lipinski definition) is 2. The fourth-order valence-corrected chi connectivity index (χ4v) is 3.02. The smallest absolute Gasteiger partial charge is 0.335 e. The molecular weight excluding hydrogens is 336 g/mol. The number of nitrogens with one attached hydrogen (secondary N) is 2. The second-order valence-corrected chi connectivity index (χ2v) is 6.19. The summed E-state index contributed by atoms with van der Waals surface area (Å²) < 4.78 is 0.551. The van der Waals surface area contributed by atoms with Crippen molar-refractivity contribution < 1.29 is 14.7 Å². The molecule has 1 aliphatic carbocycles. The minimum Gasteiger partial charge on any atom is -0.478 e. The normalized spacial score (nSPS) is 15.5. The highest BCUT2D eigenvalue weighted by molar-refractivity contribution is 9.10. The van der Waals surface area contributed by atoms with E-state index in [0.717, 1.165) is 0 Å². The third-order valence-corrected chi connectivity index (χ3v) is 4.40. The van der Waals surface area contributed by atoms with E-state index in [2.05, 4.69) is 26.6 Å². The van der Waals surface area contributed by atoms with E-state index >= 15 is 0 Å². The van der Waals surface area contributed by atoms with Gasteiger partial charge >= 0.3 is 12.0 Å². The summed E-state index contributed by atoms with van der Waals surface area (Å²) in [5.41, 5.74) is 0.733. The van der Waals surface area contributed by atoms with Gasteiger partial charge in [-0.25, -0.2) is 9.59 Å². The molecule has 0 saturated heterocycles. The molecular formula is C15H19BrN2O3. The van der Waals surface area contributed by atoms with Crippen LogP contribution in [0.25, 0.3) is 0 Å². The van der Waals surface area contributed by atoms with E-state index in [0.29, 0.717) is 22.6 Å². The summed E-state index contributed by atoms with van der Waals surface area (Å²) in [6, 6.07) is 4.25. The van der Waals surface area contributed by atoms with Crippen LogP contribution in [-0.2, 0) is 0 Å². The summed E-state index contributed by atoms with van der Waals surface area (Å²) in [6.45, 7) is 0.691. The number of hydrogen-bond donors (Lipinski definition) is 3. The quantitative estimate of drug-likeness (QED) is 0.768. The van der Waals surface area contributed by atoms with E-state index in [1.807, 2.05) is 0 Å². The number of carbonyl (C=O) groups is 2. The fraction of sp³-hybridized carbons (Fsp3) is 0.467. The van der Waals surface area contributed by atoms with Crippen molar-refractivity contribution in [3.05, 3.63) is 28.2 Å². The van der Waals surface area contributed by atoms with Gasteiger partial charge in [0.1, 0.15) is 0 Å². The van der Waals surface area contributed by atoms with Gasteiger partial charge in [-0.1, -0.05) is 19.3 Å². The molecule has 0 heterocycles. The lowest BCUT2D eigenvalue weighted by Gasteiger charge is -2.21. The zero-order valence-electron chi connectivity index (χ0n) is 11.7. The first-order chi connectivity index (χ1) is 10.1. The largest absolute Gasteiger partial charge is 0.478 e. The summed E-state index contributed by atoms with van der Waals surface area (Å²) >= 11 is 3.27. The second kappa shape index (κ2) is 7.45. The Bertz CT molecular complexity index is 528. The van der Waals surface area contributed by atoms with Crippen LogP contribution in [0.4, 0.5) is 10.5 Å². The molecule has 0 unspecified atom stereocenters. The molecule has 1 aliphatic rings. The third kappa shape index (κ3) is 4.74. The van der Waals surface area contributed by atoms with Gasteiger partial charge in [-0.3, -0.25) is 0 Å². The second-order valence-electron chi connectivity index (χ2n) is 5.34. The van der Waals surface area contributed by atoms with Crippen molar-refractivity contribution in [2.24, 2.45) is 5.92 Å². The molecule has 1 aromatic carbocycles. The summed E-state index contributed by atoms with van der Waals surface area (Å²) in [4.78, 5) is 22.7. The molecule has 1 fully saturated rings. The van der Waals surface area contributed by atoms with E-state index in [4.69, 9.17) is 5.11 Å². The Morgan fingerprint density at radius 2 is 1.95 bits per heavy atom. The molecule has 0 atom stereocenters. The van der Waals surface area contributed by atoms with Crippen molar-refractivity contribution in [1.82, 2.24) is 5.32 Å². The van der Waals surface area contributed by atoms with Crippen LogP contribution in [0, 0.1) is 5.92 Å². The third-order valence-electron chi connectivity index (χ3n) is 3.74.